The fraction of sp³-hybridized carbons (Fsp3) is 0.0625. The number of nitrogens with zero attached hydrogens (tertiary/aromatic N) is 1. The molecule has 1 aromatic carbocycles. The van der Waals surface area contributed by atoms with Crippen molar-refractivity contribution in [1.29, 1.82) is 0 Å². The van der Waals surface area contributed by atoms with Gasteiger partial charge in [-0.2, -0.15) is 0 Å². The topological polar surface area (TPSA) is 80.3 Å². The molecule has 0 saturated heterocycles. The first kappa shape index (κ1) is 15.2. The maximum atomic E-state index is 11.8. The second kappa shape index (κ2) is 7.03. The third kappa shape index (κ3) is 4.17. The average molecular weight is 297 g/mol. The van der Waals surface area contributed by atoms with E-state index >= 15 is 0 Å². The summed E-state index contributed by atoms with van der Waals surface area (Å²) in [6.07, 6.45) is 1.54. The van der Waals surface area contributed by atoms with Gasteiger partial charge in [-0.3, -0.25) is 25.4 Å². The highest BCUT2D eigenvalue weighted by atomic mass is 16.5. The Kier molecular flexibility index (Phi) is 4.87. The van der Waals surface area contributed by atoms with Gasteiger partial charge in [0.15, 0.2) is 0 Å². The molecule has 0 radical (unpaired) electrons. The van der Waals surface area contributed by atoms with Crippen molar-refractivity contribution in [3.8, 4) is 5.75 Å². The summed E-state index contributed by atoms with van der Waals surface area (Å²) < 4.78 is 4.94. The van der Waals surface area contributed by atoms with Crippen LogP contribution >= 0.6 is 0 Å². The van der Waals surface area contributed by atoms with Crippen molar-refractivity contribution in [2.45, 2.75) is 6.92 Å². The summed E-state index contributed by atoms with van der Waals surface area (Å²) in [6.45, 7) is 5.16. The van der Waals surface area contributed by atoms with Crippen molar-refractivity contribution in [3.05, 3.63) is 66.5 Å². The van der Waals surface area contributed by atoms with Gasteiger partial charge < -0.3 is 4.74 Å². The molecule has 2 N–H and O–H groups in total. The maximum absolute atomic E-state index is 11.8. The molecular formula is C16H15N3O3. The number of ether oxygens (including phenoxy) is 1. The molecule has 1 aromatic heterocycles. The van der Waals surface area contributed by atoms with E-state index in [4.69, 9.17) is 4.74 Å². The van der Waals surface area contributed by atoms with Crippen LogP contribution < -0.4 is 15.6 Å². The lowest BCUT2D eigenvalue weighted by Crippen LogP contribution is -2.36. The van der Waals surface area contributed by atoms with E-state index in [-0.39, 0.29) is 11.9 Å². The monoisotopic (exact) mass is 297 g/mol. The first-order valence-corrected chi connectivity index (χ1v) is 6.51. The molecule has 0 unspecified atom stereocenters. The molecule has 0 aliphatic heterocycles. The molecule has 6 nitrogen and oxygen atoms in total. The molecule has 1 heterocycles. The maximum Gasteiger partial charge on any atom is 0.308 e. The van der Waals surface area contributed by atoms with Crippen LogP contribution in [0, 0.1) is 0 Å². The van der Waals surface area contributed by atoms with Crippen LogP contribution in [0.25, 0.3) is 5.70 Å². The normalized spacial score (nSPS) is 9.68. The van der Waals surface area contributed by atoms with Crippen LogP contribution in [0.4, 0.5) is 0 Å². The van der Waals surface area contributed by atoms with E-state index in [9.17, 15) is 9.59 Å². The molecule has 22 heavy (non-hydrogen) atoms. The number of hydrazine groups is 1. The average Bonchev–Trinajstić information content (AvgIpc) is 2.53. The molecule has 2 rings (SSSR count). The summed E-state index contributed by atoms with van der Waals surface area (Å²) in [7, 11) is 0. The lowest BCUT2D eigenvalue weighted by Gasteiger charge is -2.11. The van der Waals surface area contributed by atoms with Crippen LogP contribution in [0.2, 0.25) is 0 Å². The molecule has 0 spiro atoms. The third-order valence-corrected chi connectivity index (χ3v) is 2.69. The summed E-state index contributed by atoms with van der Waals surface area (Å²) in [5.41, 5.74) is 6.77. The zero-order valence-electron chi connectivity index (χ0n) is 12.0. The minimum absolute atomic E-state index is 0.299. The standard InChI is InChI=1S/C16H15N3O3/c1-11(13-6-8-14(9-7-13)22-12(2)20)18-19-16(21)15-5-3-4-10-17-15/h3-10,18H,1H2,2H3,(H,19,21). The van der Waals surface area contributed by atoms with Crippen LogP contribution in [0.15, 0.2) is 55.2 Å². The highest BCUT2D eigenvalue weighted by Gasteiger charge is 2.06. The smallest absolute Gasteiger partial charge is 0.308 e. The van der Waals surface area contributed by atoms with Gasteiger partial charge >= 0.3 is 5.97 Å². The lowest BCUT2D eigenvalue weighted by molar-refractivity contribution is -0.131. The van der Waals surface area contributed by atoms with Gasteiger partial charge in [0.1, 0.15) is 11.4 Å². The number of carbonyl (C=O) groups excluding carboxylic acids is 2. The summed E-state index contributed by atoms with van der Waals surface area (Å²) in [5.74, 6) is -0.299. The van der Waals surface area contributed by atoms with Crippen LogP contribution in [0.1, 0.15) is 23.0 Å². The Morgan fingerprint density at radius 1 is 1.09 bits per heavy atom. The molecule has 0 bridgehead atoms. The number of hydrogen-bond donors (Lipinski definition) is 2. The van der Waals surface area contributed by atoms with Gasteiger partial charge in [0.05, 0.1) is 5.70 Å². The van der Waals surface area contributed by atoms with Crippen molar-refractivity contribution in [3.63, 3.8) is 0 Å². The van der Waals surface area contributed by atoms with Crippen LogP contribution in [-0.4, -0.2) is 16.9 Å². The van der Waals surface area contributed by atoms with Gasteiger partial charge in [-0.1, -0.05) is 12.6 Å². The number of pyridine rings is 1. The second-order valence-corrected chi connectivity index (χ2v) is 4.39. The van der Waals surface area contributed by atoms with Crippen molar-refractivity contribution in [2.75, 3.05) is 0 Å². The van der Waals surface area contributed by atoms with Crippen LogP contribution in [0.5, 0.6) is 5.75 Å². The Morgan fingerprint density at radius 2 is 1.82 bits per heavy atom. The summed E-state index contributed by atoms with van der Waals surface area (Å²) >= 11 is 0. The molecule has 1 amide bonds. The highest BCUT2D eigenvalue weighted by molar-refractivity contribution is 5.92. The van der Waals surface area contributed by atoms with E-state index in [2.05, 4.69) is 22.4 Å². The molecule has 6 heteroatoms. The number of rotatable bonds is 5. The molecule has 0 saturated carbocycles. The highest BCUT2D eigenvalue weighted by Crippen LogP contribution is 2.15. The molecule has 112 valence electrons. The quantitative estimate of drug-likeness (QED) is 0.500. The van der Waals surface area contributed by atoms with Crippen molar-refractivity contribution < 1.29 is 14.3 Å². The van der Waals surface area contributed by atoms with Gasteiger partial charge in [0.25, 0.3) is 5.91 Å². The van der Waals surface area contributed by atoms with E-state index < -0.39 is 0 Å². The van der Waals surface area contributed by atoms with Gasteiger partial charge in [-0.25, -0.2) is 0 Å². The number of aromatic nitrogens is 1. The Morgan fingerprint density at radius 3 is 2.41 bits per heavy atom. The fourth-order valence-corrected chi connectivity index (χ4v) is 1.66. The Balaban J connectivity index is 1.92. The molecule has 0 atom stereocenters. The SMILES string of the molecule is C=C(NNC(=O)c1ccccn1)c1ccc(OC(C)=O)cc1. The number of amides is 1. The van der Waals surface area contributed by atoms with E-state index in [1.54, 1.807) is 42.5 Å². The number of benzene rings is 1. The molecule has 0 aliphatic rings. The molecular weight excluding hydrogens is 282 g/mol. The van der Waals surface area contributed by atoms with E-state index in [1.165, 1.54) is 13.1 Å². The number of hydrogen-bond acceptors (Lipinski definition) is 5. The van der Waals surface area contributed by atoms with E-state index in [1.807, 2.05) is 0 Å². The van der Waals surface area contributed by atoms with Crippen molar-refractivity contribution in [2.24, 2.45) is 0 Å². The third-order valence-electron chi connectivity index (χ3n) is 2.69. The number of carbonyl (C=O) groups is 2. The Bertz CT molecular complexity index is 682. The van der Waals surface area contributed by atoms with Crippen molar-refractivity contribution in [1.82, 2.24) is 15.8 Å². The Labute approximate surface area is 127 Å². The number of nitrogens with one attached hydrogen (secondary N) is 2. The molecule has 2 aromatic rings. The van der Waals surface area contributed by atoms with E-state index in [0.29, 0.717) is 17.1 Å². The van der Waals surface area contributed by atoms with E-state index in [0.717, 1.165) is 5.56 Å². The minimum Gasteiger partial charge on any atom is -0.427 e. The molecule has 0 aliphatic carbocycles. The van der Waals surface area contributed by atoms with Crippen LogP contribution in [0.3, 0.4) is 0 Å². The van der Waals surface area contributed by atoms with Crippen LogP contribution in [-0.2, 0) is 4.79 Å². The summed E-state index contributed by atoms with van der Waals surface area (Å²) in [5, 5.41) is 0. The zero-order valence-corrected chi connectivity index (χ0v) is 12.0. The molecule has 0 fully saturated rings. The first-order valence-electron chi connectivity index (χ1n) is 6.51. The zero-order chi connectivity index (χ0) is 15.9. The first-order chi connectivity index (χ1) is 10.6. The minimum atomic E-state index is -0.382. The largest absolute Gasteiger partial charge is 0.427 e. The predicted molar refractivity (Wildman–Crippen MR) is 81.6 cm³/mol. The van der Waals surface area contributed by atoms with Gasteiger partial charge in [0, 0.05) is 13.1 Å². The predicted octanol–water partition coefficient (Wildman–Crippen LogP) is 1.91. The summed E-state index contributed by atoms with van der Waals surface area (Å²) in [6, 6.07) is 11.8. The fourth-order valence-electron chi connectivity index (χ4n) is 1.66. The van der Waals surface area contributed by atoms with Gasteiger partial charge in [-0.15, -0.1) is 0 Å². The van der Waals surface area contributed by atoms with Crippen molar-refractivity contribution >= 4 is 17.6 Å². The second-order valence-electron chi connectivity index (χ2n) is 4.39. The van der Waals surface area contributed by atoms with Gasteiger partial charge in [-0.05, 0) is 42.0 Å². The number of esters is 1. The van der Waals surface area contributed by atoms with Gasteiger partial charge in [0.2, 0.25) is 0 Å². The summed E-state index contributed by atoms with van der Waals surface area (Å²) in [4.78, 5) is 26.6. The lowest BCUT2D eigenvalue weighted by atomic mass is 10.2. The Hall–Kier alpha value is -3.15.